The number of carbonyl (C=O) groups is 3. The number of imide groups is 2. The number of pyridine rings is 1. The summed E-state index contributed by atoms with van der Waals surface area (Å²) in [6.07, 6.45) is 6.36. The molecule has 0 atom stereocenters. The van der Waals surface area contributed by atoms with Gasteiger partial charge in [0.1, 0.15) is 5.57 Å². The van der Waals surface area contributed by atoms with Crippen molar-refractivity contribution in [1.29, 1.82) is 0 Å². The third-order valence-electron chi connectivity index (χ3n) is 4.47. The Morgan fingerprint density at radius 3 is 2.67 bits per heavy atom. The average molecular weight is 360 g/mol. The van der Waals surface area contributed by atoms with Crippen LogP contribution in [-0.2, 0) is 16.1 Å². The predicted molar refractivity (Wildman–Crippen MR) is 101 cm³/mol. The van der Waals surface area contributed by atoms with Gasteiger partial charge in [-0.05, 0) is 31.2 Å². The highest BCUT2D eigenvalue weighted by molar-refractivity contribution is 6.39. The van der Waals surface area contributed by atoms with E-state index in [2.05, 4.69) is 10.3 Å². The summed E-state index contributed by atoms with van der Waals surface area (Å²) in [4.78, 5) is 42.3. The smallest absolute Gasteiger partial charge is 0.336 e. The molecule has 4 amide bonds. The first kappa shape index (κ1) is 16.7. The molecule has 7 nitrogen and oxygen atoms in total. The second-order valence-corrected chi connectivity index (χ2v) is 6.06. The molecule has 3 aromatic rings. The second kappa shape index (κ2) is 6.53. The monoisotopic (exact) mass is 360 g/mol. The first-order valence-corrected chi connectivity index (χ1v) is 8.49. The van der Waals surface area contributed by atoms with Crippen LogP contribution in [0.3, 0.4) is 0 Å². The van der Waals surface area contributed by atoms with Crippen LogP contribution in [0.2, 0.25) is 0 Å². The van der Waals surface area contributed by atoms with Crippen LogP contribution < -0.4 is 10.2 Å². The molecule has 1 aliphatic heterocycles. The van der Waals surface area contributed by atoms with E-state index in [1.807, 2.05) is 42.0 Å². The minimum atomic E-state index is -0.786. The van der Waals surface area contributed by atoms with Crippen molar-refractivity contribution in [3.63, 3.8) is 0 Å². The zero-order chi connectivity index (χ0) is 19.0. The van der Waals surface area contributed by atoms with E-state index in [1.54, 1.807) is 12.1 Å². The molecule has 0 unspecified atom stereocenters. The third-order valence-corrected chi connectivity index (χ3v) is 4.47. The number of rotatable bonds is 3. The highest BCUT2D eigenvalue weighted by Gasteiger charge is 2.37. The third kappa shape index (κ3) is 2.79. The summed E-state index contributed by atoms with van der Waals surface area (Å²) >= 11 is 0. The van der Waals surface area contributed by atoms with Gasteiger partial charge in [0, 0.05) is 35.4 Å². The molecule has 1 saturated heterocycles. The van der Waals surface area contributed by atoms with Gasteiger partial charge in [0.05, 0.1) is 11.9 Å². The normalized spacial score (nSPS) is 16.3. The van der Waals surface area contributed by atoms with Gasteiger partial charge in [0.15, 0.2) is 0 Å². The molecule has 0 radical (unpaired) electrons. The Balaban J connectivity index is 1.82. The number of amides is 4. The lowest BCUT2D eigenvalue weighted by atomic mass is 10.1. The second-order valence-electron chi connectivity index (χ2n) is 6.06. The molecule has 1 aliphatic rings. The van der Waals surface area contributed by atoms with Gasteiger partial charge in [0.25, 0.3) is 11.8 Å². The number of urea groups is 1. The van der Waals surface area contributed by atoms with E-state index in [4.69, 9.17) is 0 Å². The number of aryl methyl sites for hydroxylation is 1. The molecular formula is C20H16N4O3. The molecule has 27 heavy (non-hydrogen) atoms. The van der Waals surface area contributed by atoms with Crippen molar-refractivity contribution < 1.29 is 14.4 Å². The van der Waals surface area contributed by atoms with E-state index in [-0.39, 0.29) is 5.57 Å². The van der Waals surface area contributed by atoms with E-state index in [1.165, 1.54) is 18.5 Å². The summed E-state index contributed by atoms with van der Waals surface area (Å²) in [5, 5.41) is 3.15. The van der Waals surface area contributed by atoms with Crippen molar-refractivity contribution in [1.82, 2.24) is 14.9 Å². The van der Waals surface area contributed by atoms with Gasteiger partial charge in [-0.3, -0.25) is 19.9 Å². The minimum Gasteiger partial charge on any atom is -0.347 e. The Hall–Kier alpha value is -3.74. The number of barbiturate groups is 1. The quantitative estimate of drug-likeness (QED) is 0.575. The highest BCUT2D eigenvalue weighted by Crippen LogP contribution is 2.26. The number of anilines is 1. The van der Waals surface area contributed by atoms with Gasteiger partial charge in [-0.15, -0.1) is 0 Å². The number of carbonyl (C=O) groups excluding carboxylic acids is 3. The maximum Gasteiger partial charge on any atom is 0.336 e. The fraction of sp³-hybridized carbons (Fsp3) is 0.100. The molecule has 4 rings (SSSR count). The zero-order valence-corrected chi connectivity index (χ0v) is 14.5. The Labute approximate surface area is 154 Å². The molecule has 0 aliphatic carbocycles. The Bertz CT molecular complexity index is 1100. The number of hydrogen-bond donors (Lipinski definition) is 1. The summed E-state index contributed by atoms with van der Waals surface area (Å²) in [5.74, 6) is -1.39. The van der Waals surface area contributed by atoms with Crippen molar-refractivity contribution in [2.75, 3.05) is 4.90 Å². The van der Waals surface area contributed by atoms with E-state index in [0.717, 1.165) is 27.9 Å². The van der Waals surface area contributed by atoms with Crippen molar-refractivity contribution in [3.8, 4) is 0 Å². The van der Waals surface area contributed by atoms with Gasteiger partial charge < -0.3 is 4.57 Å². The summed E-state index contributed by atoms with van der Waals surface area (Å²) in [6.45, 7) is 2.77. The van der Waals surface area contributed by atoms with E-state index in [9.17, 15) is 14.4 Å². The molecule has 134 valence electrons. The van der Waals surface area contributed by atoms with Crippen molar-refractivity contribution in [2.24, 2.45) is 0 Å². The van der Waals surface area contributed by atoms with Crippen LogP contribution >= 0.6 is 0 Å². The Morgan fingerprint density at radius 2 is 1.93 bits per heavy atom. The van der Waals surface area contributed by atoms with Crippen LogP contribution in [0.1, 0.15) is 12.5 Å². The molecule has 0 saturated carbocycles. The van der Waals surface area contributed by atoms with Gasteiger partial charge in [-0.25, -0.2) is 9.69 Å². The van der Waals surface area contributed by atoms with Gasteiger partial charge in [-0.2, -0.15) is 0 Å². The highest BCUT2D eigenvalue weighted by atomic mass is 16.2. The van der Waals surface area contributed by atoms with Crippen molar-refractivity contribution in [2.45, 2.75) is 13.5 Å². The number of benzene rings is 1. The van der Waals surface area contributed by atoms with Crippen molar-refractivity contribution in [3.05, 3.63) is 66.1 Å². The fourth-order valence-corrected chi connectivity index (χ4v) is 3.19. The SMILES string of the molecule is CCn1cc(/C=C2\C(=O)NC(=O)N(c3cccnc3)C2=O)c2ccccc21. The molecule has 0 spiro atoms. The number of aromatic nitrogens is 2. The molecule has 0 bridgehead atoms. The predicted octanol–water partition coefficient (Wildman–Crippen LogP) is 2.72. The van der Waals surface area contributed by atoms with E-state index < -0.39 is 17.8 Å². The van der Waals surface area contributed by atoms with E-state index in [0.29, 0.717) is 5.69 Å². The first-order chi connectivity index (χ1) is 13.1. The largest absolute Gasteiger partial charge is 0.347 e. The molecular weight excluding hydrogens is 344 g/mol. The lowest BCUT2D eigenvalue weighted by molar-refractivity contribution is -0.122. The van der Waals surface area contributed by atoms with Crippen LogP contribution in [-0.4, -0.2) is 27.4 Å². The molecule has 1 fully saturated rings. The first-order valence-electron chi connectivity index (χ1n) is 8.49. The van der Waals surface area contributed by atoms with Crippen LogP contribution in [0, 0.1) is 0 Å². The van der Waals surface area contributed by atoms with Gasteiger partial charge >= 0.3 is 6.03 Å². The Morgan fingerprint density at radius 1 is 1.11 bits per heavy atom. The topological polar surface area (TPSA) is 84.3 Å². The molecule has 3 heterocycles. The van der Waals surface area contributed by atoms with Crippen LogP contribution in [0.4, 0.5) is 10.5 Å². The van der Waals surface area contributed by atoms with Crippen molar-refractivity contribution >= 4 is 40.5 Å². The molecule has 1 aromatic carbocycles. The molecule has 1 N–H and O–H groups in total. The number of hydrogen-bond acceptors (Lipinski definition) is 4. The summed E-state index contributed by atoms with van der Waals surface area (Å²) in [7, 11) is 0. The van der Waals surface area contributed by atoms with Gasteiger partial charge in [0.2, 0.25) is 0 Å². The average Bonchev–Trinajstić information content (AvgIpc) is 3.04. The lowest BCUT2D eigenvalue weighted by Crippen LogP contribution is -2.54. The van der Waals surface area contributed by atoms with Gasteiger partial charge in [-0.1, -0.05) is 18.2 Å². The zero-order valence-electron chi connectivity index (χ0n) is 14.5. The summed E-state index contributed by atoms with van der Waals surface area (Å²) in [6, 6.07) is 10.2. The van der Waals surface area contributed by atoms with Crippen LogP contribution in [0.15, 0.2) is 60.6 Å². The molecule has 7 heteroatoms. The maximum atomic E-state index is 12.9. The lowest BCUT2D eigenvalue weighted by Gasteiger charge is -2.25. The summed E-state index contributed by atoms with van der Waals surface area (Å²) in [5.41, 5.74) is 1.95. The number of para-hydroxylation sites is 1. The van der Waals surface area contributed by atoms with Crippen LogP contribution in [0.5, 0.6) is 0 Å². The number of nitrogens with one attached hydrogen (secondary N) is 1. The fourth-order valence-electron chi connectivity index (χ4n) is 3.19. The number of fused-ring (bicyclic) bond motifs is 1. The number of nitrogens with zero attached hydrogens (tertiary/aromatic N) is 3. The standard InChI is InChI=1S/C20H16N4O3/c1-2-23-12-13(15-7-3-4-8-17(15)23)10-16-18(25)22-20(27)24(19(16)26)14-6-5-9-21-11-14/h3-12H,2H2,1H3,(H,22,25,27)/b16-10+. The van der Waals surface area contributed by atoms with E-state index >= 15 is 0 Å². The Kier molecular flexibility index (Phi) is 4.04. The maximum absolute atomic E-state index is 12.9. The summed E-state index contributed by atoms with van der Waals surface area (Å²) < 4.78 is 2.04. The molecule has 2 aromatic heterocycles. The van der Waals surface area contributed by atoms with Crippen LogP contribution in [0.25, 0.3) is 17.0 Å². The minimum absolute atomic E-state index is 0.0996.